The zero-order chi connectivity index (χ0) is 67.3. The maximum absolute atomic E-state index is 12.2. The molecule has 470 valence electrons. The van der Waals surface area contributed by atoms with Gasteiger partial charge in [-0.05, 0) is 153 Å². The number of hydrogen-bond acceptors (Lipinski definition) is 12. The second-order valence-corrected chi connectivity index (χ2v) is 27.2. The molecule has 5 heterocycles. The van der Waals surface area contributed by atoms with Crippen LogP contribution in [0.4, 0.5) is 5.69 Å². The van der Waals surface area contributed by atoms with Gasteiger partial charge in [0.05, 0.1) is 28.2 Å². The fourth-order valence-electron chi connectivity index (χ4n) is 7.08. The summed E-state index contributed by atoms with van der Waals surface area (Å²) in [6.07, 6.45) is 22.6. The van der Waals surface area contributed by atoms with Crippen molar-refractivity contribution in [3.63, 3.8) is 0 Å². The molecule has 0 saturated carbocycles. The normalized spacial score (nSPS) is 11.9. The Labute approximate surface area is 524 Å². The van der Waals surface area contributed by atoms with Crippen LogP contribution in [0.3, 0.4) is 0 Å². The monoisotopic (exact) mass is 1220 g/mol. The summed E-state index contributed by atoms with van der Waals surface area (Å²) in [5.74, 6) is 0.380. The minimum absolute atomic E-state index is 0.00227. The summed E-state index contributed by atoms with van der Waals surface area (Å²) in [4.78, 5) is 122. The van der Waals surface area contributed by atoms with E-state index in [-0.39, 0.29) is 63.4 Å². The minimum Gasteiger partial charge on any atom is -0.461 e. The number of hydrogen-bond donors (Lipinski definition) is 3. The van der Waals surface area contributed by atoms with Crippen molar-refractivity contribution in [2.45, 2.75) is 138 Å². The van der Waals surface area contributed by atoms with E-state index < -0.39 is 21.7 Å². The Morgan fingerprint density at radius 2 is 0.864 bits per heavy atom. The highest BCUT2D eigenvalue weighted by Crippen LogP contribution is 2.28. The van der Waals surface area contributed by atoms with Crippen molar-refractivity contribution < 1.29 is 52.4 Å². The van der Waals surface area contributed by atoms with Gasteiger partial charge < -0.3 is 24.3 Å². The molecule has 0 spiro atoms. The first kappa shape index (κ1) is 75.3. The zero-order valence-corrected chi connectivity index (χ0v) is 56.0. The Balaban J connectivity index is 0.000000378. The number of aromatic amines is 2. The van der Waals surface area contributed by atoms with E-state index in [1.807, 2.05) is 166 Å². The number of nitrogens with zero attached hydrogens (tertiary/aromatic N) is 1. The molecule has 0 aliphatic rings. The van der Waals surface area contributed by atoms with E-state index in [0.29, 0.717) is 22.8 Å². The molecular weight excluding hydrogens is 1130 g/mol. The third-order valence-electron chi connectivity index (χ3n) is 12.0. The molecule has 6 rings (SSSR count). The fourth-order valence-corrected chi connectivity index (χ4v) is 8.10. The Hall–Kier alpha value is -8.76. The molecule has 3 N–H and O–H groups in total. The highest BCUT2D eigenvalue weighted by atomic mass is 32.1. The summed E-state index contributed by atoms with van der Waals surface area (Å²) in [6.45, 7) is 36.1. The molecule has 0 radical (unpaired) electrons. The molecule has 0 atom stereocenters. The number of nitrogens with one attached hydrogen (secondary N) is 3. The van der Waals surface area contributed by atoms with Crippen LogP contribution in [0.2, 0.25) is 0 Å². The summed E-state index contributed by atoms with van der Waals surface area (Å²) in [5.41, 5.74) is 5.78. The topological polar surface area (TPSA) is 232 Å². The third-order valence-corrected chi connectivity index (χ3v) is 13.0. The van der Waals surface area contributed by atoms with E-state index >= 15 is 0 Å². The molecule has 0 bridgehead atoms. The molecule has 5 aromatic heterocycles. The minimum atomic E-state index is -0.459. The summed E-state index contributed by atoms with van der Waals surface area (Å²) >= 11 is 1.42. The van der Waals surface area contributed by atoms with Crippen LogP contribution >= 0.6 is 11.3 Å². The van der Waals surface area contributed by atoms with Crippen molar-refractivity contribution in [2.75, 3.05) is 5.32 Å². The fraction of sp³-hybridized carbons (Fsp3) is 0.361. The van der Waals surface area contributed by atoms with Gasteiger partial charge in [0, 0.05) is 70.0 Å². The largest absolute Gasteiger partial charge is 0.461 e. The number of amides is 1. The number of benzene rings is 1. The molecule has 16 heteroatoms. The number of Topliss-reactive ketones (excluding diaryl/α,β-unsaturated/α-hetero) is 5. The van der Waals surface area contributed by atoms with Gasteiger partial charge in [-0.25, -0.2) is 0 Å². The molecule has 1 aromatic carbocycles. The first-order chi connectivity index (χ1) is 40.4. The molecule has 0 aliphatic heterocycles. The first-order valence-corrected chi connectivity index (χ1v) is 29.5. The smallest absolute Gasteiger partial charge is 0.248 e. The van der Waals surface area contributed by atoms with Gasteiger partial charge in [0.25, 0.3) is 0 Å². The van der Waals surface area contributed by atoms with Crippen LogP contribution in [0.1, 0.15) is 217 Å². The lowest BCUT2D eigenvalue weighted by Gasteiger charge is -2.16. The Morgan fingerprint density at radius 1 is 0.466 bits per heavy atom. The molecule has 0 saturated heterocycles. The van der Waals surface area contributed by atoms with Crippen molar-refractivity contribution in [3.05, 3.63) is 176 Å². The lowest BCUT2D eigenvalue weighted by molar-refractivity contribution is -0.113. The van der Waals surface area contributed by atoms with Crippen molar-refractivity contribution >= 4 is 105 Å². The quantitative estimate of drug-likeness (QED) is 0.0609. The standard InChI is InChI=1S/C19H22N2O2.C14H19NO2.C13H17NO2.C13H16O3.C13H16O2S/c1-13-5-8-15(9-6-13)21-17(22)10-7-14-11-16(20-12-14)18(23)19(2,3)4;1-10(16)6-7-11-8-12(15(5)9-11)13(17)14(2,3)4;1-9(15)5-6-10-7-11(14-8-10)12(16)13(2,3)4;2*1-9(14)5-6-10-7-11(16-8-10)12(15)13(2,3)4/h5-12,20H,1-4H3,(H,21,22);6-9H,1-5H3;5-8,14H,1-4H3;2*5-8H,1-4H3/b10-7+;7-6+;3*6-5+. The number of anilines is 1. The summed E-state index contributed by atoms with van der Waals surface area (Å²) in [6, 6.07) is 16.4. The predicted molar refractivity (Wildman–Crippen MR) is 357 cm³/mol. The Bertz CT molecular complexity index is 3390. The van der Waals surface area contributed by atoms with Crippen LogP contribution < -0.4 is 5.32 Å². The van der Waals surface area contributed by atoms with Crippen molar-refractivity contribution in [3.8, 4) is 0 Å². The number of furan rings is 1. The number of allylic oxidation sites excluding steroid dienone is 4. The third kappa shape index (κ3) is 27.3. The number of H-pyrrole nitrogens is 2. The maximum atomic E-state index is 12.2. The van der Waals surface area contributed by atoms with E-state index in [4.69, 9.17) is 4.42 Å². The number of thiophene rings is 1. The van der Waals surface area contributed by atoms with E-state index in [9.17, 15) is 47.9 Å². The zero-order valence-electron chi connectivity index (χ0n) is 55.2. The van der Waals surface area contributed by atoms with E-state index in [0.717, 1.165) is 43.9 Å². The number of carbonyl (C=O) groups is 10. The van der Waals surface area contributed by atoms with Gasteiger partial charge in [-0.2, -0.15) is 0 Å². The van der Waals surface area contributed by atoms with Gasteiger partial charge in [0.2, 0.25) is 11.7 Å². The van der Waals surface area contributed by atoms with Crippen LogP contribution in [0.15, 0.2) is 120 Å². The molecule has 1 amide bonds. The Morgan fingerprint density at radius 3 is 1.28 bits per heavy atom. The van der Waals surface area contributed by atoms with Gasteiger partial charge in [-0.3, -0.25) is 47.9 Å². The molecular formula is C72H90N4O11S. The first-order valence-electron chi connectivity index (χ1n) is 28.6. The van der Waals surface area contributed by atoms with Crippen LogP contribution in [0, 0.1) is 34.0 Å². The average Bonchev–Trinajstić information content (AvgIpc) is 3.74. The SMILES string of the molecule is CC(=O)/C=C/c1c[nH]c(C(=O)C(C)(C)C)c1.CC(=O)/C=C/c1cc(C(=O)C(C)(C)C)n(C)c1.CC(=O)/C=C/c1coc(C(=O)C(C)(C)C)c1.CC(=O)/C=C/c1csc(C(=O)C(C)(C)C)c1.Cc1ccc(NC(=O)/C=C/c2c[nH]c(C(=O)C(C)(C)C)c2)cc1. The summed E-state index contributed by atoms with van der Waals surface area (Å²) in [7, 11) is 1.84. The van der Waals surface area contributed by atoms with Crippen LogP contribution in [-0.4, -0.2) is 72.5 Å². The predicted octanol–water partition coefficient (Wildman–Crippen LogP) is 16.6. The van der Waals surface area contributed by atoms with Crippen LogP contribution in [-0.2, 0) is 31.0 Å². The highest BCUT2D eigenvalue weighted by Gasteiger charge is 2.28. The lowest BCUT2D eigenvalue weighted by atomic mass is 9.89. The number of aromatic nitrogens is 3. The highest BCUT2D eigenvalue weighted by molar-refractivity contribution is 7.12. The maximum Gasteiger partial charge on any atom is 0.248 e. The molecule has 0 unspecified atom stereocenters. The van der Waals surface area contributed by atoms with Gasteiger partial charge in [-0.15, -0.1) is 11.3 Å². The summed E-state index contributed by atoms with van der Waals surface area (Å²) in [5, 5.41) is 4.68. The van der Waals surface area contributed by atoms with Gasteiger partial charge >= 0.3 is 0 Å². The van der Waals surface area contributed by atoms with E-state index in [1.165, 1.54) is 75.7 Å². The number of aryl methyl sites for hydroxylation is 2. The van der Waals surface area contributed by atoms with Gasteiger partial charge in [-0.1, -0.05) is 128 Å². The molecule has 0 aliphatic carbocycles. The average molecular weight is 1220 g/mol. The van der Waals surface area contributed by atoms with Crippen molar-refractivity contribution in [1.82, 2.24) is 14.5 Å². The summed E-state index contributed by atoms with van der Waals surface area (Å²) < 4.78 is 6.97. The molecule has 6 aromatic rings. The molecule has 0 fully saturated rings. The Kier molecular flexibility index (Phi) is 28.1. The lowest BCUT2D eigenvalue weighted by Crippen LogP contribution is -2.22. The number of rotatable bonds is 16. The van der Waals surface area contributed by atoms with Gasteiger partial charge in [0.15, 0.2) is 52.0 Å². The molecule has 88 heavy (non-hydrogen) atoms. The molecule has 15 nitrogen and oxygen atoms in total. The van der Waals surface area contributed by atoms with Gasteiger partial charge in [0.1, 0.15) is 0 Å². The van der Waals surface area contributed by atoms with E-state index in [2.05, 4.69) is 15.3 Å². The van der Waals surface area contributed by atoms with Crippen molar-refractivity contribution in [1.29, 1.82) is 0 Å². The van der Waals surface area contributed by atoms with E-state index in [1.54, 1.807) is 65.5 Å². The van der Waals surface area contributed by atoms with Crippen LogP contribution in [0.5, 0.6) is 0 Å². The van der Waals surface area contributed by atoms with Crippen LogP contribution in [0.25, 0.3) is 30.4 Å². The second-order valence-electron chi connectivity index (χ2n) is 26.3. The second kappa shape index (κ2) is 32.8. The van der Waals surface area contributed by atoms with Crippen molar-refractivity contribution in [2.24, 2.45) is 34.1 Å². The number of ketones is 9. The number of carbonyl (C=O) groups excluding carboxylic acids is 10.